The van der Waals surface area contributed by atoms with Crippen LogP contribution in [0.4, 0.5) is 0 Å². The summed E-state index contributed by atoms with van der Waals surface area (Å²) < 4.78 is 5.46. The van der Waals surface area contributed by atoms with Crippen molar-refractivity contribution >= 4 is 0 Å². The number of furan rings is 1. The van der Waals surface area contributed by atoms with E-state index >= 15 is 0 Å². The monoisotopic (exact) mass is 258 g/mol. The average Bonchev–Trinajstić information content (AvgIpc) is 2.86. The molecule has 19 heavy (non-hydrogen) atoms. The number of nitrogens with zero attached hydrogens (tertiary/aromatic N) is 1. The van der Waals surface area contributed by atoms with Crippen LogP contribution in [0.15, 0.2) is 41.3 Å². The Bertz CT molecular complexity index is 492. The highest BCUT2D eigenvalue weighted by Gasteiger charge is 2.23. The van der Waals surface area contributed by atoms with E-state index in [1.54, 1.807) is 6.26 Å². The average molecular weight is 258 g/mol. The largest absolute Gasteiger partial charge is 0.469 e. The molecule has 2 unspecified atom stereocenters. The minimum absolute atomic E-state index is 0.279. The lowest BCUT2D eigenvalue weighted by Crippen LogP contribution is -2.27. The molecule has 0 fully saturated rings. The van der Waals surface area contributed by atoms with E-state index in [0.717, 1.165) is 18.7 Å². The van der Waals surface area contributed by atoms with Gasteiger partial charge in [-0.05, 0) is 43.7 Å². The maximum absolute atomic E-state index is 5.46. The zero-order chi connectivity index (χ0) is 13.7. The third-order valence-corrected chi connectivity index (χ3v) is 3.58. The molecule has 0 spiro atoms. The maximum Gasteiger partial charge on any atom is 0.105 e. The Kier molecular flexibility index (Phi) is 4.74. The minimum Gasteiger partial charge on any atom is -0.469 e. The van der Waals surface area contributed by atoms with Gasteiger partial charge in [0.15, 0.2) is 0 Å². The Morgan fingerprint density at radius 2 is 2.00 bits per heavy atom. The molecule has 0 aliphatic heterocycles. The lowest BCUT2D eigenvalue weighted by atomic mass is 9.89. The molecule has 102 valence electrons. The summed E-state index contributed by atoms with van der Waals surface area (Å²) in [4.78, 5) is 4.09. The molecule has 0 saturated carbocycles. The van der Waals surface area contributed by atoms with E-state index in [2.05, 4.69) is 42.3 Å². The van der Waals surface area contributed by atoms with Crippen LogP contribution in [0.5, 0.6) is 0 Å². The lowest BCUT2D eigenvalue weighted by Gasteiger charge is -2.25. The number of hydrogen-bond acceptors (Lipinski definition) is 3. The number of aromatic nitrogens is 1. The van der Waals surface area contributed by atoms with Crippen molar-refractivity contribution < 1.29 is 4.42 Å². The molecule has 2 rings (SSSR count). The first-order valence-corrected chi connectivity index (χ1v) is 6.91. The van der Waals surface area contributed by atoms with Crippen molar-refractivity contribution in [2.75, 3.05) is 6.54 Å². The van der Waals surface area contributed by atoms with Gasteiger partial charge in [0.05, 0.1) is 6.26 Å². The summed E-state index contributed by atoms with van der Waals surface area (Å²) in [6.45, 7) is 7.46. The van der Waals surface area contributed by atoms with Crippen molar-refractivity contribution in [3.05, 3.63) is 53.7 Å². The first-order valence-electron chi connectivity index (χ1n) is 6.91. The summed E-state index contributed by atoms with van der Waals surface area (Å²) >= 11 is 0. The van der Waals surface area contributed by atoms with Crippen molar-refractivity contribution in [1.82, 2.24) is 10.3 Å². The molecule has 0 aliphatic rings. The van der Waals surface area contributed by atoms with Gasteiger partial charge in [-0.25, -0.2) is 0 Å². The van der Waals surface area contributed by atoms with Gasteiger partial charge in [0.25, 0.3) is 0 Å². The SMILES string of the molecule is CCCNC(c1ccoc1C)C(C)c1ccncc1. The Labute approximate surface area is 115 Å². The van der Waals surface area contributed by atoms with Gasteiger partial charge < -0.3 is 9.73 Å². The van der Waals surface area contributed by atoms with Crippen molar-refractivity contribution in [3.63, 3.8) is 0 Å². The van der Waals surface area contributed by atoms with Crippen molar-refractivity contribution in [3.8, 4) is 0 Å². The third kappa shape index (κ3) is 3.24. The number of pyridine rings is 1. The third-order valence-electron chi connectivity index (χ3n) is 3.58. The van der Waals surface area contributed by atoms with Gasteiger partial charge in [-0.1, -0.05) is 13.8 Å². The summed E-state index contributed by atoms with van der Waals surface area (Å²) in [5.41, 5.74) is 2.54. The predicted molar refractivity (Wildman–Crippen MR) is 77.1 cm³/mol. The quantitative estimate of drug-likeness (QED) is 0.855. The Hall–Kier alpha value is -1.61. The van der Waals surface area contributed by atoms with Crippen LogP contribution >= 0.6 is 0 Å². The van der Waals surface area contributed by atoms with Crippen LogP contribution in [-0.4, -0.2) is 11.5 Å². The summed E-state index contributed by atoms with van der Waals surface area (Å²) in [5, 5.41) is 3.63. The van der Waals surface area contributed by atoms with E-state index in [9.17, 15) is 0 Å². The van der Waals surface area contributed by atoms with Crippen molar-refractivity contribution in [2.24, 2.45) is 0 Å². The van der Waals surface area contributed by atoms with Crippen molar-refractivity contribution in [2.45, 2.75) is 39.2 Å². The van der Waals surface area contributed by atoms with Gasteiger partial charge in [-0.15, -0.1) is 0 Å². The van der Waals surface area contributed by atoms with Crippen LogP contribution in [0, 0.1) is 6.92 Å². The fraction of sp³-hybridized carbons (Fsp3) is 0.438. The Morgan fingerprint density at radius 1 is 1.26 bits per heavy atom. The molecule has 2 aromatic rings. The molecule has 0 radical (unpaired) electrons. The molecule has 1 N–H and O–H groups in total. The minimum atomic E-state index is 0.279. The first-order chi connectivity index (χ1) is 9.24. The molecule has 0 aromatic carbocycles. The van der Waals surface area contributed by atoms with E-state index in [0.29, 0.717) is 5.92 Å². The summed E-state index contributed by atoms with van der Waals surface area (Å²) in [6, 6.07) is 6.52. The Balaban J connectivity index is 2.25. The molecule has 0 saturated heterocycles. The molecule has 0 aliphatic carbocycles. The zero-order valence-electron chi connectivity index (χ0n) is 11.9. The summed E-state index contributed by atoms with van der Waals surface area (Å²) in [5.74, 6) is 1.38. The van der Waals surface area contributed by atoms with Crippen LogP contribution < -0.4 is 5.32 Å². The lowest BCUT2D eigenvalue weighted by molar-refractivity contribution is 0.450. The maximum atomic E-state index is 5.46. The van der Waals surface area contributed by atoms with E-state index in [-0.39, 0.29) is 6.04 Å². The fourth-order valence-corrected chi connectivity index (χ4v) is 2.43. The number of aryl methyl sites for hydroxylation is 1. The fourth-order valence-electron chi connectivity index (χ4n) is 2.43. The molecule has 3 nitrogen and oxygen atoms in total. The van der Waals surface area contributed by atoms with Gasteiger partial charge in [-0.2, -0.15) is 0 Å². The Morgan fingerprint density at radius 3 is 2.58 bits per heavy atom. The topological polar surface area (TPSA) is 38.1 Å². The van der Waals surface area contributed by atoms with Crippen LogP contribution in [0.1, 0.15) is 49.1 Å². The second-order valence-electron chi connectivity index (χ2n) is 4.93. The highest BCUT2D eigenvalue weighted by molar-refractivity contribution is 5.27. The standard InChI is InChI=1S/C16H22N2O/c1-4-8-18-16(15-7-11-19-13(15)3)12(2)14-5-9-17-10-6-14/h5-7,9-12,16,18H,4,8H2,1-3H3. The summed E-state index contributed by atoms with van der Waals surface area (Å²) in [7, 11) is 0. The van der Waals surface area contributed by atoms with E-state index in [1.165, 1.54) is 11.1 Å². The van der Waals surface area contributed by atoms with Gasteiger partial charge >= 0.3 is 0 Å². The molecule has 0 bridgehead atoms. The van der Waals surface area contributed by atoms with Gasteiger partial charge in [0, 0.05) is 29.9 Å². The van der Waals surface area contributed by atoms with Gasteiger partial charge in [0.1, 0.15) is 5.76 Å². The molecule has 2 atom stereocenters. The zero-order valence-corrected chi connectivity index (χ0v) is 11.9. The molecule has 2 aromatic heterocycles. The highest BCUT2D eigenvalue weighted by Crippen LogP contribution is 2.32. The van der Waals surface area contributed by atoms with Crippen LogP contribution in [0.3, 0.4) is 0 Å². The normalized spacial score (nSPS) is 14.3. The second-order valence-corrected chi connectivity index (χ2v) is 4.93. The molecular weight excluding hydrogens is 236 g/mol. The van der Waals surface area contributed by atoms with Crippen LogP contribution in [0.25, 0.3) is 0 Å². The van der Waals surface area contributed by atoms with E-state index < -0.39 is 0 Å². The van der Waals surface area contributed by atoms with Gasteiger partial charge in [0.2, 0.25) is 0 Å². The molecular formula is C16H22N2O. The second kappa shape index (κ2) is 6.53. The molecule has 0 amide bonds. The molecule has 2 heterocycles. The summed E-state index contributed by atoms with van der Waals surface area (Å²) in [6.07, 6.45) is 6.59. The smallest absolute Gasteiger partial charge is 0.105 e. The number of hydrogen-bond donors (Lipinski definition) is 1. The number of nitrogens with one attached hydrogen (secondary N) is 1. The van der Waals surface area contributed by atoms with E-state index in [4.69, 9.17) is 4.42 Å². The van der Waals surface area contributed by atoms with Gasteiger partial charge in [-0.3, -0.25) is 4.98 Å². The van der Waals surface area contributed by atoms with Crippen LogP contribution in [0.2, 0.25) is 0 Å². The highest BCUT2D eigenvalue weighted by atomic mass is 16.3. The predicted octanol–water partition coefficient (Wildman–Crippen LogP) is 3.83. The first kappa shape index (κ1) is 13.8. The van der Waals surface area contributed by atoms with Crippen LogP contribution in [-0.2, 0) is 0 Å². The van der Waals surface area contributed by atoms with E-state index in [1.807, 2.05) is 19.3 Å². The molecule has 3 heteroatoms. The number of rotatable bonds is 6. The van der Waals surface area contributed by atoms with Crippen molar-refractivity contribution in [1.29, 1.82) is 0 Å².